The third-order valence-corrected chi connectivity index (χ3v) is 3.98. The third kappa shape index (κ3) is 2.99. The van der Waals surface area contributed by atoms with Gasteiger partial charge in [-0.1, -0.05) is 42.5 Å². The zero-order valence-corrected chi connectivity index (χ0v) is 13.2. The van der Waals surface area contributed by atoms with Crippen LogP contribution in [-0.2, 0) is 9.59 Å². The molecule has 0 unspecified atom stereocenters. The normalized spacial score (nSPS) is 13.4. The summed E-state index contributed by atoms with van der Waals surface area (Å²) in [5.41, 5.74) is 7.78. The van der Waals surface area contributed by atoms with Gasteiger partial charge < -0.3 is 15.6 Å². The molecular weight excluding hydrogens is 304 g/mol. The first-order valence-electron chi connectivity index (χ1n) is 7.64. The molecule has 0 aliphatic rings. The van der Waals surface area contributed by atoms with E-state index in [4.69, 9.17) is 5.73 Å². The van der Waals surface area contributed by atoms with Gasteiger partial charge in [-0.2, -0.15) is 0 Å². The maximum Gasteiger partial charge on any atom is 0.244 e. The summed E-state index contributed by atoms with van der Waals surface area (Å²) in [7, 11) is 0. The number of imidazole rings is 1. The number of hydrogen-bond donors (Lipinski definition) is 2. The predicted octanol–water partition coefficient (Wildman–Crippen LogP) is 1.94. The summed E-state index contributed by atoms with van der Waals surface area (Å²) < 4.78 is 1.77. The van der Waals surface area contributed by atoms with Crippen molar-refractivity contribution in [1.29, 1.82) is 0 Å². The Morgan fingerprint density at radius 2 is 1.75 bits per heavy atom. The lowest BCUT2D eigenvalue weighted by atomic mass is 10.1. The van der Waals surface area contributed by atoms with Crippen LogP contribution in [-0.4, -0.2) is 21.4 Å². The fourth-order valence-electron chi connectivity index (χ4n) is 2.64. The second-order valence-electron chi connectivity index (χ2n) is 5.57. The maximum atomic E-state index is 12.6. The van der Waals surface area contributed by atoms with Crippen molar-refractivity contribution in [2.24, 2.45) is 5.73 Å². The number of hydrogen-bond acceptors (Lipinski definition) is 3. The molecule has 0 radical (unpaired) electrons. The van der Waals surface area contributed by atoms with Gasteiger partial charge in [-0.25, -0.2) is 4.98 Å². The fourth-order valence-corrected chi connectivity index (χ4v) is 2.64. The number of carbonyl (C=O) groups excluding carboxylic acids is 2. The average Bonchev–Trinajstić information content (AvgIpc) is 3.03. The molecule has 0 bridgehead atoms. The molecule has 6 heteroatoms. The Labute approximate surface area is 139 Å². The van der Waals surface area contributed by atoms with Crippen molar-refractivity contribution in [1.82, 2.24) is 14.9 Å². The van der Waals surface area contributed by atoms with E-state index in [1.54, 1.807) is 42.1 Å². The maximum absolute atomic E-state index is 12.6. The number of carbonyl (C=O) groups is 2. The molecule has 0 aliphatic carbocycles. The number of primary amides is 1. The molecule has 1 heterocycles. The van der Waals surface area contributed by atoms with Gasteiger partial charge in [0.1, 0.15) is 12.1 Å². The van der Waals surface area contributed by atoms with Crippen molar-refractivity contribution in [3.63, 3.8) is 0 Å². The monoisotopic (exact) mass is 322 g/mol. The molecule has 3 aromatic rings. The number of nitrogens with two attached hydrogens (primary N) is 1. The van der Waals surface area contributed by atoms with Crippen molar-refractivity contribution < 1.29 is 9.59 Å². The van der Waals surface area contributed by atoms with E-state index in [0.717, 1.165) is 11.0 Å². The summed E-state index contributed by atoms with van der Waals surface area (Å²) >= 11 is 0. The molecule has 0 saturated heterocycles. The van der Waals surface area contributed by atoms with Gasteiger partial charge in [-0.3, -0.25) is 9.59 Å². The van der Waals surface area contributed by atoms with Gasteiger partial charge in [0.25, 0.3) is 0 Å². The van der Waals surface area contributed by atoms with Crippen molar-refractivity contribution in [3.8, 4) is 0 Å². The van der Waals surface area contributed by atoms with Crippen LogP contribution < -0.4 is 11.1 Å². The lowest BCUT2D eigenvalue weighted by Gasteiger charge is -2.20. The standard InChI is InChI=1S/C18H18N4O2/c1-12(22-11-20-14-9-5-6-10-15(14)22)18(24)21-16(17(19)23)13-7-3-2-4-8-13/h2-12,16H,1H3,(H2,19,23)(H,21,24)/t12-,16+/m1/s1. The number of aromatic nitrogens is 2. The molecule has 0 fully saturated rings. The van der Waals surface area contributed by atoms with Crippen LogP contribution in [0.5, 0.6) is 0 Å². The van der Waals surface area contributed by atoms with E-state index in [-0.39, 0.29) is 5.91 Å². The summed E-state index contributed by atoms with van der Waals surface area (Å²) in [6, 6.07) is 15.1. The molecule has 1 aromatic heterocycles. The number of nitrogens with one attached hydrogen (secondary N) is 1. The van der Waals surface area contributed by atoms with Crippen molar-refractivity contribution in [2.75, 3.05) is 0 Å². The van der Waals surface area contributed by atoms with Gasteiger partial charge in [0.2, 0.25) is 11.8 Å². The van der Waals surface area contributed by atoms with Gasteiger partial charge in [0.05, 0.1) is 17.4 Å². The van der Waals surface area contributed by atoms with Crippen LogP contribution in [0.2, 0.25) is 0 Å². The van der Waals surface area contributed by atoms with Crippen LogP contribution >= 0.6 is 0 Å². The highest BCUT2D eigenvalue weighted by atomic mass is 16.2. The van der Waals surface area contributed by atoms with Crippen molar-refractivity contribution >= 4 is 22.8 Å². The Bertz CT molecular complexity index is 873. The molecule has 24 heavy (non-hydrogen) atoms. The second-order valence-corrected chi connectivity index (χ2v) is 5.57. The van der Waals surface area contributed by atoms with E-state index in [1.165, 1.54) is 0 Å². The molecule has 0 spiro atoms. The molecule has 2 amide bonds. The molecule has 2 atom stereocenters. The Morgan fingerprint density at radius 1 is 1.08 bits per heavy atom. The van der Waals surface area contributed by atoms with E-state index in [1.807, 2.05) is 30.3 Å². The summed E-state index contributed by atoms with van der Waals surface area (Å²) in [5, 5.41) is 2.72. The number of fused-ring (bicyclic) bond motifs is 1. The quantitative estimate of drug-likeness (QED) is 0.752. The van der Waals surface area contributed by atoms with Gasteiger partial charge in [0.15, 0.2) is 0 Å². The van der Waals surface area contributed by atoms with Crippen molar-refractivity contribution in [2.45, 2.75) is 19.0 Å². The molecule has 122 valence electrons. The molecule has 3 N–H and O–H groups in total. The van der Waals surface area contributed by atoms with Crippen LogP contribution in [0.15, 0.2) is 60.9 Å². The minimum absolute atomic E-state index is 0.300. The number of rotatable bonds is 5. The van der Waals surface area contributed by atoms with Crippen LogP contribution in [0.3, 0.4) is 0 Å². The fraction of sp³-hybridized carbons (Fsp3) is 0.167. The number of amides is 2. The molecular formula is C18H18N4O2. The summed E-state index contributed by atoms with van der Waals surface area (Å²) in [5.74, 6) is -0.900. The molecule has 3 rings (SSSR count). The van der Waals surface area contributed by atoms with Gasteiger partial charge in [-0.15, -0.1) is 0 Å². The first-order chi connectivity index (χ1) is 11.6. The third-order valence-electron chi connectivity index (χ3n) is 3.98. The molecule has 0 saturated carbocycles. The van der Waals surface area contributed by atoms with Crippen LogP contribution in [0.4, 0.5) is 0 Å². The Kier molecular flexibility index (Phi) is 4.29. The lowest BCUT2D eigenvalue weighted by molar-refractivity contribution is -0.129. The number of benzene rings is 2. The largest absolute Gasteiger partial charge is 0.368 e. The van der Waals surface area contributed by atoms with E-state index in [9.17, 15) is 9.59 Å². The summed E-state index contributed by atoms with van der Waals surface area (Å²) in [6.45, 7) is 1.76. The van der Waals surface area contributed by atoms with Crippen LogP contribution in [0.25, 0.3) is 11.0 Å². The van der Waals surface area contributed by atoms with E-state index in [0.29, 0.717) is 5.56 Å². The smallest absolute Gasteiger partial charge is 0.244 e. The highest BCUT2D eigenvalue weighted by molar-refractivity contribution is 5.90. The number of nitrogens with zero attached hydrogens (tertiary/aromatic N) is 2. The highest BCUT2D eigenvalue weighted by Gasteiger charge is 2.24. The summed E-state index contributed by atoms with van der Waals surface area (Å²) in [4.78, 5) is 28.6. The highest BCUT2D eigenvalue weighted by Crippen LogP contribution is 2.19. The zero-order valence-electron chi connectivity index (χ0n) is 13.2. The second kappa shape index (κ2) is 6.54. The summed E-state index contributed by atoms with van der Waals surface area (Å²) in [6.07, 6.45) is 1.62. The number of para-hydroxylation sites is 2. The van der Waals surface area contributed by atoms with E-state index in [2.05, 4.69) is 10.3 Å². The van der Waals surface area contributed by atoms with E-state index >= 15 is 0 Å². The van der Waals surface area contributed by atoms with Crippen LogP contribution in [0, 0.1) is 0 Å². The average molecular weight is 322 g/mol. The van der Waals surface area contributed by atoms with Crippen LogP contribution in [0.1, 0.15) is 24.6 Å². The Morgan fingerprint density at radius 3 is 2.46 bits per heavy atom. The minimum atomic E-state index is -0.865. The molecule has 6 nitrogen and oxygen atoms in total. The Hall–Kier alpha value is -3.15. The zero-order chi connectivity index (χ0) is 17.1. The molecule has 2 aromatic carbocycles. The van der Waals surface area contributed by atoms with Gasteiger partial charge in [-0.05, 0) is 24.6 Å². The first kappa shape index (κ1) is 15.7. The van der Waals surface area contributed by atoms with Crippen molar-refractivity contribution in [3.05, 3.63) is 66.5 Å². The lowest BCUT2D eigenvalue weighted by Crippen LogP contribution is -2.40. The first-order valence-corrected chi connectivity index (χ1v) is 7.64. The topological polar surface area (TPSA) is 90.0 Å². The minimum Gasteiger partial charge on any atom is -0.368 e. The Balaban J connectivity index is 1.84. The predicted molar refractivity (Wildman–Crippen MR) is 91.0 cm³/mol. The van der Waals surface area contributed by atoms with Gasteiger partial charge >= 0.3 is 0 Å². The molecule has 0 aliphatic heterocycles. The van der Waals surface area contributed by atoms with Gasteiger partial charge in [0, 0.05) is 0 Å². The SMILES string of the molecule is C[C@H](C(=O)N[C@H](C(N)=O)c1ccccc1)n1cnc2ccccc21. The van der Waals surface area contributed by atoms with E-state index < -0.39 is 18.0 Å².